The molecule has 4 heterocycles. The average molecular weight is 449 g/mol. The van der Waals surface area contributed by atoms with Crippen molar-refractivity contribution in [1.29, 1.82) is 5.26 Å². The van der Waals surface area contributed by atoms with E-state index in [4.69, 9.17) is 9.72 Å². The summed E-state index contributed by atoms with van der Waals surface area (Å²) >= 11 is 3.13. The van der Waals surface area contributed by atoms with Gasteiger partial charge >= 0.3 is 0 Å². The van der Waals surface area contributed by atoms with E-state index in [2.05, 4.69) is 11.0 Å². The molecule has 156 valence electrons. The summed E-state index contributed by atoms with van der Waals surface area (Å²) in [6.07, 6.45) is 0. The Kier molecular flexibility index (Phi) is 5.66. The van der Waals surface area contributed by atoms with Gasteiger partial charge in [-0.1, -0.05) is 24.3 Å². The first-order valence-electron chi connectivity index (χ1n) is 10.1. The fourth-order valence-electron chi connectivity index (χ4n) is 3.86. The van der Waals surface area contributed by atoms with Gasteiger partial charge in [-0.05, 0) is 23.1 Å². The van der Waals surface area contributed by atoms with E-state index < -0.39 is 0 Å². The standard InChI is InChI=1S/C23H20N4O2S2/c24-12-16-4-1-2-5-17(16)13-27-20(14-26-7-9-29-10-8-26)25-22-21(23(27)28)18(15-31-22)19-6-3-11-30-19/h1-6,11,15H,7-10,13-14H2. The minimum absolute atomic E-state index is 0.0503. The van der Waals surface area contributed by atoms with Gasteiger partial charge in [0.25, 0.3) is 5.56 Å². The first-order chi connectivity index (χ1) is 15.2. The number of nitrogens with zero attached hydrogens (tertiary/aromatic N) is 4. The smallest absolute Gasteiger partial charge is 0.263 e. The van der Waals surface area contributed by atoms with Gasteiger partial charge in [-0.3, -0.25) is 14.3 Å². The van der Waals surface area contributed by atoms with Crippen molar-refractivity contribution < 1.29 is 4.74 Å². The van der Waals surface area contributed by atoms with E-state index in [-0.39, 0.29) is 5.56 Å². The number of benzene rings is 1. The number of aromatic nitrogens is 2. The summed E-state index contributed by atoms with van der Waals surface area (Å²) < 4.78 is 7.22. The van der Waals surface area contributed by atoms with Crippen LogP contribution in [0.15, 0.2) is 52.0 Å². The van der Waals surface area contributed by atoms with Crippen LogP contribution in [0.1, 0.15) is 17.0 Å². The molecule has 0 bridgehead atoms. The number of hydrogen-bond acceptors (Lipinski definition) is 7. The molecule has 0 radical (unpaired) electrons. The summed E-state index contributed by atoms with van der Waals surface area (Å²) in [7, 11) is 0. The highest BCUT2D eigenvalue weighted by molar-refractivity contribution is 7.18. The normalized spacial score (nSPS) is 14.7. The van der Waals surface area contributed by atoms with Crippen LogP contribution in [-0.2, 0) is 17.8 Å². The molecule has 0 amide bonds. The third-order valence-electron chi connectivity index (χ3n) is 5.49. The summed E-state index contributed by atoms with van der Waals surface area (Å²) in [5, 5.41) is 14.2. The molecule has 0 spiro atoms. The van der Waals surface area contributed by atoms with Crippen molar-refractivity contribution in [2.24, 2.45) is 0 Å². The van der Waals surface area contributed by atoms with Crippen molar-refractivity contribution in [3.63, 3.8) is 0 Å². The molecule has 1 aliphatic heterocycles. The highest BCUT2D eigenvalue weighted by Crippen LogP contribution is 2.34. The molecule has 1 fully saturated rings. The molecule has 3 aromatic heterocycles. The zero-order valence-corrected chi connectivity index (χ0v) is 18.4. The lowest BCUT2D eigenvalue weighted by molar-refractivity contribution is 0.0325. The maximum absolute atomic E-state index is 13.8. The Bertz CT molecular complexity index is 1310. The lowest BCUT2D eigenvalue weighted by atomic mass is 10.1. The van der Waals surface area contributed by atoms with Gasteiger partial charge in [0, 0.05) is 28.9 Å². The number of thiophene rings is 2. The predicted molar refractivity (Wildman–Crippen MR) is 124 cm³/mol. The second kappa shape index (κ2) is 8.73. The molecular weight excluding hydrogens is 428 g/mol. The van der Waals surface area contributed by atoms with Crippen LogP contribution in [0.25, 0.3) is 20.7 Å². The summed E-state index contributed by atoms with van der Waals surface area (Å²) in [5.74, 6) is 0.728. The van der Waals surface area contributed by atoms with E-state index in [0.29, 0.717) is 37.3 Å². The first-order valence-corrected chi connectivity index (χ1v) is 11.8. The molecule has 0 atom stereocenters. The maximum atomic E-state index is 13.8. The van der Waals surface area contributed by atoms with E-state index in [1.54, 1.807) is 22.0 Å². The molecule has 0 saturated carbocycles. The Balaban J connectivity index is 1.66. The van der Waals surface area contributed by atoms with Crippen molar-refractivity contribution >= 4 is 32.9 Å². The first kappa shape index (κ1) is 20.1. The quantitative estimate of drug-likeness (QED) is 0.463. The largest absolute Gasteiger partial charge is 0.379 e. The van der Waals surface area contributed by atoms with Gasteiger partial charge in [-0.25, -0.2) is 4.98 Å². The Morgan fingerprint density at radius 3 is 2.71 bits per heavy atom. The van der Waals surface area contributed by atoms with E-state index in [9.17, 15) is 10.1 Å². The molecule has 1 aliphatic rings. The zero-order valence-electron chi connectivity index (χ0n) is 16.8. The van der Waals surface area contributed by atoms with Gasteiger partial charge in [0.05, 0.1) is 43.3 Å². The Labute approximate surface area is 187 Å². The van der Waals surface area contributed by atoms with Crippen LogP contribution >= 0.6 is 22.7 Å². The van der Waals surface area contributed by atoms with Gasteiger partial charge in [0.1, 0.15) is 10.7 Å². The molecule has 31 heavy (non-hydrogen) atoms. The molecule has 1 aromatic carbocycles. The predicted octanol–water partition coefficient (Wildman–Crippen LogP) is 3.94. The molecule has 5 rings (SSSR count). The zero-order chi connectivity index (χ0) is 21.2. The molecule has 0 aliphatic carbocycles. The van der Waals surface area contributed by atoms with Crippen LogP contribution in [0.5, 0.6) is 0 Å². The SMILES string of the molecule is N#Cc1ccccc1Cn1c(CN2CCOCC2)nc2scc(-c3cccs3)c2c1=O. The summed E-state index contributed by atoms with van der Waals surface area (Å²) in [5.41, 5.74) is 2.29. The van der Waals surface area contributed by atoms with Crippen molar-refractivity contribution in [2.45, 2.75) is 13.1 Å². The number of rotatable bonds is 5. The Hall–Kier alpha value is -2.83. The van der Waals surface area contributed by atoms with E-state index >= 15 is 0 Å². The monoisotopic (exact) mass is 448 g/mol. The summed E-state index contributed by atoms with van der Waals surface area (Å²) in [4.78, 5) is 22.8. The summed E-state index contributed by atoms with van der Waals surface area (Å²) in [6.45, 7) is 3.90. The fraction of sp³-hybridized carbons (Fsp3) is 0.261. The van der Waals surface area contributed by atoms with Gasteiger partial charge in [0.15, 0.2) is 0 Å². The summed E-state index contributed by atoms with van der Waals surface area (Å²) in [6, 6.07) is 13.7. The number of hydrogen-bond donors (Lipinski definition) is 0. The molecule has 0 N–H and O–H groups in total. The second-order valence-corrected chi connectivity index (χ2v) is 9.19. The lowest BCUT2D eigenvalue weighted by Crippen LogP contribution is -2.38. The number of ether oxygens (including phenoxy) is 1. The van der Waals surface area contributed by atoms with Crippen LogP contribution in [0.3, 0.4) is 0 Å². The van der Waals surface area contributed by atoms with Crippen LogP contribution in [0.2, 0.25) is 0 Å². The maximum Gasteiger partial charge on any atom is 0.263 e. The molecule has 8 heteroatoms. The minimum Gasteiger partial charge on any atom is -0.379 e. The van der Waals surface area contributed by atoms with Crippen LogP contribution in [-0.4, -0.2) is 40.8 Å². The third-order valence-corrected chi connectivity index (χ3v) is 7.27. The van der Waals surface area contributed by atoms with E-state index in [1.807, 2.05) is 41.1 Å². The van der Waals surface area contributed by atoms with Gasteiger partial charge in [-0.2, -0.15) is 5.26 Å². The van der Waals surface area contributed by atoms with Gasteiger partial charge < -0.3 is 4.74 Å². The van der Waals surface area contributed by atoms with Crippen molar-refractivity contribution in [3.05, 3.63) is 74.5 Å². The molecule has 1 saturated heterocycles. The molecule has 4 aromatic rings. The highest BCUT2D eigenvalue weighted by Gasteiger charge is 2.21. The number of morpholine rings is 1. The van der Waals surface area contributed by atoms with Crippen molar-refractivity contribution in [2.75, 3.05) is 26.3 Å². The van der Waals surface area contributed by atoms with Crippen LogP contribution in [0.4, 0.5) is 0 Å². The topological polar surface area (TPSA) is 71.2 Å². The molecule has 0 unspecified atom stereocenters. The lowest BCUT2D eigenvalue weighted by Gasteiger charge is -2.27. The Morgan fingerprint density at radius 1 is 1.10 bits per heavy atom. The highest BCUT2D eigenvalue weighted by atomic mass is 32.1. The molecule has 6 nitrogen and oxygen atoms in total. The number of fused-ring (bicyclic) bond motifs is 1. The van der Waals surface area contributed by atoms with Gasteiger partial charge in [-0.15, -0.1) is 22.7 Å². The van der Waals surface area contributed by atoms with Crippen LogP contribution in [0, 0.1) is 11.3 Å². The second-order valence-electron chi connectivity index (χ2n) is 7.38. The van der Waals surface area contributed by atoms with Crippen molar-refractivity contribution in [1.82, 2.24) is 14.5 Å². The average Bonchev–Trinajstić information content (AvgIpc) is 3.47. The number of nitriles is 1. The molecular formula is C23H20N4O2S2. The van der Waals surface area contributed by atoms with Crippen molar-refractivity contribution in [3.8, 4) is 16.5 Å². The van der Waals surface area contributed by atoms with E-state index in [1.165, 1.54) is 11.3 Å². The fourth-order valence-corrected chi connectivity index (χ4v) is 5.63. The van der Waals surface area contributed by atoms with E-state index in [0.717, 1.165) is 39.7 Å². The third kappa shape index (κ3) is 3.93. The Morgan fingerprint density at radius 2 is 1.94 bits per heavy atom. The van der Waals surface area contributed by atoms with Gasteiger partial charge in [0.2, 0.25) is 0 Å². The van der Waals surface area contributed by atoms with Crippen LogP contribution < -0.4 is 5.56 Å². The minimum atomic E-state index is -0.0503.